The number of likely N-dealkylation sites (N-methyl/N-ethyl adjacent to an activating group) is 1. The van der Waals surface area contributed by atoms with Gasteiger partial charge < -0.3 is 9.47 Å². The van der Waals surface area contributed by atoms with Crippen LogP contribution in [0.2, 0.25) is 0 Å². The molecule has 134 valence electrons. The third-order valence-electron chi connectivity index (χ3n) is 5.25. The number of methoxy groups -OCH3 is 1. The molecule has 25 heavy (non-hydrogen) atoms. The maximum absolute atomic E-state index is 5.85. The summed E-state index contributed by atoms with van der Waals surface area (Å²) in [7, 11) is 3.94. The van der Waals surface area contributed by atoms with E-state index in [1.165, 1.54) is 5.56 Å². The van der Waals surface area contributed by atoms with Crippen molar-refractivity contribution in [1.82, 2.24) is 19.6 Å². The van der Waals surface area contributed by atoms with Crippen molar-refractivity contribution in [3.05, 3.63) is 42.2 Å². The van der Waals surface area contributed by atoms with Gasteiger partial charge in [0, 0.05) is 50.5 Å². The molecular weight excluding hydrogens is 316 g/mol. The van der Waals surface area contributed by atoms with E-state index >= 15 is 0 Å². The van der Waals surface area contributed by atoms with Crippen LogP contribution in [0.5, 0.6) is 5.75 Å². The summed E-state index contributed by atoms with van der Waals surface area (Å²) in [6.45, 7) is 5.80. The molecule has 2 fully saturated rings. The van der Waals surface area contributed by atoms with Crippen molar-refractivity contribution in [3.63, 3.8) is 0 Å². The largest absolute Gasteiger partial charge is 0.497 e. The second-order valence-electron chi connectivity index (χ2n) is 7.14. The van der Waals surface area contributed by atoms with Crippen LogP contribution in [0.1, 0.15) is 5.56 Å². The lowest BCUT2D eigenvalue weighted by Crippen LogP contribution is -2.42. The minimum atomic E-state index is 0.464. The Morgan fingerprint density at radius 2 is 2.16 bits per heavy atom. The highest BCUT2D eigenvalue weighted by Gasteiger charge is 2.31. The third kappa shape index (κ3) is 3.56. The van der Waals surface area contributed by atoms with E-state index in [0.717, 1.165) is 50.8 Å². The smallest absolute Gasteiger partial charge is 0.119 e. The molecule has 0 spiro atoms. The van der Waals surface area contributed by atoms with Crippen LogP contribution in [0, 0.1) is 5.92 Å². The zero-order valence-electron chi connectivity index (χ0n) is 15.0. The molecule has 6 heteroatoms. The monoisotopic (exact) mass is 342 g/mol. The van der Waals surface area contributed by atoms with E-state index in [1.54, 1.807) is 7.11 Å². The lowest BCUT2D eigenvalue weighted by molar-refractivity contribution is 0.0516. The molecule has 1 aromatic heterocycles. The SMILES string of the molecule is COc1ccc(-n2cccn2)c(CN2C[C@@H]3COC[C@H](C2)N(C)C3)c1. The average molecular weight is 342 g/mol. The van der Waals surface area contributed by atoms with E-state index in [9.17, 15) is 0 Å². The van der Waals surface area contributed by atoms with Gasteiger partial charge in [0.25, 0.3) is 0 Å². The standard InChI is InChI=1S/C19H26N4O2/c1-21-9-15-10-22(12-17(21)14-25-13-15)11-16-8-18(24-2)4-5-19(16)23-7-3-6-20-23/h3-8,15,17H,9-14H2,1-2H3/t15-,17+/m1/s1. The predicted molar refractivity (Wildman–Crippen MR) is 96.1 cm³/mol. The van der Waals surface area contributed by atoms with Gasteiger partial charge in [-0.15, -0.1) is 0 Å². The van der Waals surface area contributed by atoms with Gasteiger partial charge in [-0.2, -0.15) is 5.10 Å². The van der Waals surface area contributed by atoms with Crippen molar-refractivity contribution in [1.29, 1.82) is 0 Å². The number of nitrogens with zero attached hydrogens (tertiary/aromatic N) is 4. The predicted octanol–water partition coefficient (Wildman–Crippen LogP) is 1.64. The zero-order valence-corrected chi connectivity index (χ0v) is 15.0. The molecule has 0 N–H and O–H groups in total. The highest BCUT2D eigenvalue weighted by Crippen LogP contribution is 2.25. The van der Waals surface area contributed by atoms with Crippen molar-refractivity contribution < 1.29 is 9.47 Å². The topological polar surface area (TPSA) is 42.8 Å². The van der Waals surface area contributed by atoms with Gasteiger partial charge in [0.2, 0.25) is 0 Å². The third-order valence-corrected chi connectivity index (χ3v) is 5.25. The Balaban J connectivity index is 1.61. The Hall–Kier alpha value is -1.89. The molecule has 3 heterocycles. The minimum absolute atomic E-state index is 0.464. The van der Waals surface area contributed by atoms with Gasteiger partial charge in [-0.05, 0) is 36.9 Å². The Bertz CT molecular complexity index is 703. The second kappa shape index (κ2) is 7.15. The number of fused-ring (bicyclic) bond motifs is 3. The van der Waals surface area contributed by atoms with Crippen molar-refractivity contribution in [2.24, 2.45) is 5.92 Å². The Morgan fingerprint density at radius 1 is 1.24 bits per heavy atom. The minimum Gasteiger partial charge on any atom is -0.497 e. The van der Waals surface area contributed by atoms with Crippen molar-refractivity contribution in [2.75, 3.05) is 47.0 Å². The highest BCUT2D eigenvalue weighted by molar-refractivity contribution is 5.45. The molecule has 0 aliphatic carbocycles. The van der Waals surface area contributed by atoms with E-state index in [1.807, 2.05) is 29.2 Å². The first-order valence-electron chi connectivity index (χ1n) is 8.90. The van der Waals surface area contributed by atoms with Crippen LogP contribution >= 0.6 is 0 Å². The first-order chi connectivity index (χ1) is 12.2. The lowest BCUT2D eigenvalue weighted by atomic mass is 10.1. The van der Waals surface area contributed by atoms with Crippen LogP contribution in [0.3, 0.4) is 0 Å². The van der Waals surface area contributed by atoms with Gasteiger partial charge in [0.15, 0.2) is 0 Å². The Kier molecular flexibility index (Phi) is 4.74. The van der Waals surface area contributed by atoms with E-state index in [-0.39, 0.29) is 0 Å². The molecule has 2 aliphatic rings. The molecule has 0 unspecified atom stereocenters. The summed E-state index contributed by atoms with van der Waals surface area (Å²) in [6.07, 6.45) is 3.81. The van der Waals surface area contributed by atoms with Crippen LogP contribution in [-0.2, 0) is 11.3 Å². The fourth-order valence-corrected chi connectivity index (χ4v) is 3.97. The number of hydrogen-bond acceptors (Lipinski definition) is 5. The first-order valence-corrected chi connectivity index (χ1v) is 8.90. The molecule has 2 saturated heterocycles. The van der Waals surface area contributed by atoms with Crippen LogP contribution in [0.15, 0.2) is 36.7 Å². The average Bonchev–Trinajstić information content (AvgIpc) is 3.01. The van der Waals surface area contributed by atoms with Gasteiger partial charge in [0.05, 0.1) is 26.0 Å². The molecule has 2 aromatic rings. The molecular formula is C19H26N4O2. The van der Waals surface area contributed by atoms with Crippen molar-refractivity contribution in [2.45, 2.75) is 12.6 Å². The summed E-state index contributed by atoms with van der Waals surface area (Å²) in [6, 6.07) is 8.65. The van der Waals surface area contributed by atoms with Gasteiger partial charge in [-0.3, -0.25) is 9.80 Å². The fraction of sp³-hybridized carbons (Fsp3) is 0.526. The number of ether oxygens (including phenoxy) is 2. The second-order valence-corrected chi connectivity index (χ2v) is 7.14. The van der Waals surface area contributed by atoms with Gasteiger partial charge >= 0.3 is 0 Å². The zero-order chi connectivity index (χ0) is 17.2. The number of benzene rings is 1. The summed E-state index contributed by atoms with van der Waals surface area (Å²) in [5.74, 6) is 1.46. The quantitative estimate of drug-likeness (QED) is 0.845. The van der Waals surface area contributed by atoms with Crippen molar-refractivity contribution >= 4 is 0 Å². The van der Waals surface area contributed by atoms with Crippen LogP contribution < -0.4 is 4.74 Å². The van der Waals surface area contributed by atoms with E-state index < -0.39 is 0 Å². The fourth-order valence-electron chi connectivity index (χ4n) is 3.97. The number of rotatable bonds is 4. The summed E-state index contributed by atoms with van der Waals surface area (Å²) in [5.41, 5.74) is 2.36. The molecule has 0 saturated carbocycles. The maximum atomic E-state index is 5.85. The Morgan fingerprint density at radius 3 is 2.96 bits per heavy atom. The number of hydrogen-bond donors (Lipinski definition) is 0. The van der Waals surface area contributed by atoms with E-state index in [4.69, 9.17) is 9.47 Å². The van der Waals surface area contributed by atoms with Crippen molar-refractivity contribution in [3.8, 4) is 11.4 Å². The molecule has 2 atom stereocenters. The molecule has 0 radical (unpaired) electrons. The molecule has 2 aliphatic heterocycles. The molecule has 4 rings (SSSR count). The summed E-state index contributed by atoms with van der Waals surface area (Å²) in [5, 5.41) is 4.41. The summed E-state index contributed by atoms with van der Waals surface area (Å²) < 4.78 is 13.2. The molecule has 6 nitrogen and oxygen atoms in total. The lowest BCUT2D eigenvalue weighted by Gasteiger charge is -2.30. The highest BCUT2D eigenvalue weighted by atomic mass is 16.5. The van der Waals surface area contributed by atoms with Crippen LogP contribution in [0.25, 0.3) is 5.69 Å². The van der Waals surface area contributed by atoms with E-state index in [2.05, 4.69) is 34.1 Å². The molecule has 2 bridgehead atoms. The normalized spacial score (nSPS) is 24.9. The summed E-state index contributed by atoms with van der Waals surface area (Å²) in [4.78, 5) is 5.01. The maximum Gasteiger partial charge on any atom is 0.119 e. The van der Waals surface area contributed by atoms with Crippen LogP contribution in [0.4, 0.5) is 0 Å². The first kappa shape index (κ1) is 16.6. The van der Waals surface area contributed by atoms with Gasteiger partial charge in [0.1, 0.15) is 5.75 Å². The summed E-state index contributed by atoms with van der Waals surface area (Å²) >= 11 is 0. The van der Waals surface area contributed by atoms with Gasteiger partial charge in [-0.1, -0.05) is 0 Å². The number of aromatic nitrogens is 2. The van der Waals surface area contributed by atoms with Gasteiger partial charge in [-0.25, -0.2) is 4.68 Å². The Labute approximate surface area is 148 Å². The molecule has 0 amide bonds. The molecule has 1 aromatic carbocycles. The van der Waals surface area contributed by atoms with Crippen LogP contribution in [-0.4, -0.2) is 72.6 Å². The van der Waals surface area contributed by atoms with E-state index in [0.29, 0.717) is 12.0 Å².